The molecule has 2 aromatic rings. The molecule has 4 heteroatoms. The van der Waals surface area contributed by atoms with Crippen LogP contribution in [-0.4, -0.2) is 9.78 Å². The Hall–Kier alpha value is -1.32. The van der Waals surface area contributed by atoms with Crippen molar-refractivity contribution in [2.24, 2.45) is 11.7 Å². The van der Waals surface area contributed by atoms with E-state index in [0.29, 0.717) is 10.9 Å². The zero-order valence-electron chi connectivity index (χ0n) is 12.4. The van der Waals surface area contributed by atoms with Gasteiger partial charge in [0.15, 0.2) is 0 Å². The van der Waals surface area contributed by atoms with Crippen molar-refractivity contribution >= 4 is 11.6 Å². The lowest BCUT2D eigenvalue weighted by Gasteiger charge is -2.30. The molecule has 0 saturated carbocycles. The summed E-state index contributed by atoms with van der Waals surface area (Å²) in [5.74, 6) is 0.435. The Morgan fingerprint density at radius 2 is 2.14 bits per heavy atom. The fourth-order valence-electron chi connectivity index (χ4n) is 3.35. The quantitative estimate of drug-likeness (QED) is 0.935. The van der Waals surface area contributed by atoms with Crippen LogP contribution < -0.4 is 5.73 Å². The normalized spacial score (nSPS) is 19.3. The minimum atomic E-state index is -0.0418. The van der Waals surface area contributed by atoms with Crippen molar-refractivity contribution in [1.29, 1.82) is 0 Å². The molecule has 1 aromatic carbocycles. The van der Waals surface area contributed by atoms with Crippen LogP contribution in [0.3, 0.4) is 0 Å². The van der Waals surface area contributed by atoms with Gasteiger partial charge in [-0.05, 0) is 42.7 Å². The molecule has 0 radical (unpaired) electrons. The molecule has 3 nitrogen and oxygen atoms in total. The summed E-state index contributed by atoms with van der Waals surface area (Å²) in [5.41, 5.74) is 10.5. The average molecular weight is 304 g/mol. The SMILES string of the molecule is CCCn1ncc(Cl)c1C(N)C1CCc2ccccc2C1. The molecule has 3 rings (SSSR count). The Balaban J connectivity index is 1.84. The van der Waals surface area contributed by atoms with E-state index in [1.807, 2.05) is 4.68 Å². The molecule has 2 atom stereocenters. The van der Waals surface area contributed by atoms with Gasteiger partial charge in [-0.25, -0.2) is 0 Å². The van der Waals surface area contributed by atoms with Gasteiger partial charge in [0.1, 0.15) is 0 Å². The van der Waals surface area contributed by atoms with Crippen molar-refractivity contribution in [2.75, 3.05) is 0 Å². The number of aryl methyl sites for hydroxylation is 2. The van der Waals surface area contributed by atoms with E-state index >= 15 is 0 Å². The van der Waals surface area contributed by atoms with Gasteiger partial charge in [0.2, 0.25) is 0 Å². The van der Waals surface area contributed by atoms with Crippen molar-refractivity contribution in [3.05, 3.63) is 52.3 Å². The number of benzene rings is 1. The molecule has 21 heavy (non-hydrogen) atoms. The van der Waals surface area contributed by atoms with Crippen LogP contribution >= 0.6 is 11.6 Å². The summed E-state index contributed by atoms with van der Waals surface area (Å²) in [6.07, 6.45) is 6.01. The molecule has 0 aliphatic heterocycles. The summed E-state index contributed by atoms with van der Waals surface area (Å²) in [7, 11) is 0. The zero-order chi connectivity index (χ0) is 14.8. The third-order valence-corrected chi connectivity index (χ3v) is 4.77. The molecule has 0 fully saturated rings. The number of nitrogens with two attached hydrogens (primary N) is 1. The van der Waals surface area contributed by atoms with Crippen LogP contribution in [0.25, 0.3) is 0 Å². The topological polar surface area (TPSA) is 43.8 Å². The first kappa shape index (κ1) is 14.6. The minimum Gasteiger partial charge on any atom is -0.322 e. The Morgan fingerprint density at radius 1 is 1.38 bits per heavy atom. The second-order valence-corrected chi connectivity index (χ2v) is 6.31. The molecule has 2 N–H and O–H groups in total. The maximum Gasteiger partial charge on any atom is 0.0834 e. The van der Waals surface area contributed by atoms with Gasteiger partial charge in [-0.3, -0.25) is 4.68 Å². The number of hydrogen-bond acceptors (Lipinski definition) is 2. The van der Waals surface area contributed by atoms with Crippen LogP contribution in [0.2, 0.25) is 5.02 Å². The second-order valence-electron chi connectivity index (χ2n) is 5.90. The fraction of sp³-hybridized carbons (Fsp3) is 0.471. The van der Waals surface area contributed by atoms with E-state index in [2.05, 4.69) is 36.3 Å². The van der Waals surface area contributed by atoms with Gasteiger partial charge >= 0.3 is 0 Å². The molecule has 1 aliphatic carbocycles. The Labute approximate surface area is 131 Å². The van der Waals surface area contributed by atoms with Gasteiger partial charge < -0.3 is 5.73 Å². The van der Waals surface area contributed by atoms with Gasteiger partial charge in [0.05, 0.1) is 23.0 Å². The molecule has 0 saturated heterocycles. The van der Waals surface area contributed by atoms with E-state index in [0.717, 1.165) is 37.9 Å². The Bertz CT molecular complexity index is 620. The first-order valence-corrected chi connectivity index (χ1v) is 8.12. The van der Waals surface area contributed by atoms with E-state index in [9.17, 15) is 0 Å². The summed E-state index contributed by atoms with van der Waals surface area (Å²) >= 11 is 6.33. The van der Waals surface area contributed by atoms with Crippen molar-refractivity contribution < 1.29 is 0 Å². The maximum absolute atomic E-state index is 6.56. The van der Waals surface area contributed by atoms with Crippen LogP contribution in [0.1, 0.15) is 42.6 Å². The number of rotatable bonds is 4. The summed E-state index contributed by atoms with van der Waals surface area (Å²) in [5, 5.41) is 5.07. The van der Waals surface area contributed by atoms with Crippen molar-refractivity contribution in [3.63, 3.8) is 0 Å². The zero-order valence-corrected chi connectivity index (χ0v) is 13.2. The van der Waals surface area contributed by atoms with E-state index in [-0.39, 0.29) is 6.04 Å². The van der Waals surface area contributed by atoms with Gasteiger partial charge in [-0.15, -0.1) is 0 Å². The molecule has 1 heterocycles. The molecule has 112 valence electrons. The minimum absolute atomic E-state index is 0.0418. The van der Waals surface area contributed by atoms with Crippen LogP contribution in [0.4, 0.5) is 0 Å². The lowest BCUT2D eigenvalue weighted by Crippen LogP contribution is -2.29. The molecule has 0 spiro atoms. The van der Waals surface area contributed by atoms with Gasteiger partial charge in [-0.1, -0.05) is 42.8 Å². The first-order chi connectivity index (χ1) is 10.2. The predicted molar refractivity (Wildman–Crippen MR) is 86.4 cm³/mol. The van der Waals surface area contributed by atoms with E-state index in [4.69, 9.17) is 17.3 Å². The highest BCUT2D eigenvalue weighted by atomic mass is 35.5. The molecule has 2 unspecified atom stereocenters. The summed E-state index contributed by atoms with van der Waals surface area (Å²) < 4.78 is 1.98. The standard InChI is InChI=1S/C17H22ClN3/c1-2-9-21-17(15(18)11-20-21)16(19)14-8-7-12-5-3-4-6-13(12)10-14/h3-6,11,14,16H,2,7-10,19H2,1H3. The third kappa shape index (κ3) is 2.85. The Morgan fingerprint density at radius 3 is 2.90 bits per heavy atom. The highest BCUT2D eigenvalue weighted by Gasteiger charge is 2.28. The number of fused-ring (bicyclic) bond motifs is 1. The van der Waals surface area contributed by atoms with Crippen LogP contribution in [-0.2, 0) is 19.4 Å². The first-order valence-electron chi connectivity index (χ1n) is 7.74. The third-order valence-electron chi connectivity index (χ3n) is 4.48. The van der Waals surface area contributed by atoms with Crippen molar-refractivity contribution in [3.8, 4) is 0 Å². The highest BCUT2D eigenvalue weighted by molar-refractivity contribution is 6.31. The van der Waals surface area contributed by atoms with E-state index in [1.165, 1.54) is 11.1 Å². The van der Waals surface area contributed by atoms with Gasteiger partial charge in [-0.2, -0.15) is 5.10 Å². The molecule has 0 amide bonds. The van der Waals surface area contributed by atoms with E-state index in [1.54, 1.807) is 6.20 Å². The van der Waals surface area contributed by atoms with Crippen LogP contribution in [0.5, 0.6) is 0 Å². The number of aromatic nitrogens is 2. The predicted octanol–water partition coefficient (Wildman–Crippen LogP) is 3.75. The smallest absolute Gasteiger partial charge is 0.0834 e. The lowest BCUT2D eigenvalue weighted by molar-refractivity contribution is 0.362. The number of halogens is 1. The largest absolute Gasteiger partial charge is 0.322 e. The fourth-order valence-corrected chi connectivity index (χ4v) is 3.62. The average Bonchev–Trinajstić information content (AvgIpc) is 2.87. The van der Waals surface area contributed by atoms with Crippen LogP contribution in [0, 0.1) is 5.92 Å². The summed E-state index contributed by atoms with van der Waals surface area (Å²) in [4.78, 5) is 0. The molecular formula is C17H22ClN3. The molecule has 0 bridgehead atoms. The number of nitrogens with zero attached hydrogens (tertiary/aromatic N) is 2. The Kier molecular flexibility index (Phi) is 4.32. The lowest BCUT2D eigenvalue weighted by atomic mass is 9.79. The van der Waals surface area contributed by atoms with E-state index < -0.39 is 0 Å². The highest BCUT2D eigenvalue weighted by Crippen LogP contribution is 2.35. The van der Waals surface area contributed by atoms with Crippen molar-refractivity contribution in [2.45, 2.75) is 45.2 Å². The summed E-state index contributed by atoms with van der Waals surface area (Å²) in [6, 6.07) is 8.64. The molecular weight excluding hydrogens is 282 g/mol. The van der Waals surface area contributed by atoms with Gasteiger partial charge in [0.25, 0.3) is 0 Å². The molecule has 1 aromatic heterocycles. The number of hydrogen-bond donors (Lipinski definition) is 1. The van der Waals surface area contributed by atoms with Crippen LogP contribution in [0.15, 0.2) is 30.5 Å². The summed E-state index contributed by atoms with van der Waals surface area (Å²) in [6.45, 7) is 3.01. The molecule has 1 aliphatic rings. The van der Waals surface area contributed by atoms with Crippen molar-refractivity contribution in [1.82, 2.24) is 9.78 Å². The second kappa shape index (κ2) is 6.20. The van der Waals surface area contributed by atoms with Gasteiger partial charge in [0, 0.05) is 6.54 Å². The monoisotopic (exact) mass is 303 g/mol. The maximum atomic E-state index is 6.56.